The normalized spacial score (nSPS) is 20.4. The Morgan fingerprint density at radius 3 is 2.38 bits per heavy atom. The zero-order valence-corrected chi connectivity index (χ0v) is 12.3. The van der Waals surface area contributed by atoms with Gasteiger partial charge in [0.2, 0.25) is 0 Å². The van der Waals surface area contributed by atoms with Gasteiger partial charge in [-0.15, -0.1) is 0 Å². The Bertz CT molecular complexity index is 805. The molecule has 104 valence electrons. The van der Waals surface area contributed by atoms with Crippen molar-refractivity contribution >= 4 is 12.2 Å². The van der Waals surface area contributed by atoms with Crippen LogP contribution in [0, 0.1) is 4.77 Å². The summed E-state index contributed by atoms with van der Waals surface area (Å²) in [5.74, 6) is 1.47. The summed E-state index contributed by atoms with van der Waals surface area (Å²) in [5.41, 5.74) is 2.48. The summed E-state index contributed by atoms with van der Waals surface area (Å²) in [5, 5.41) is 7.37. The SMILES string of the molecule is S=c1[nH]nc(-c2ccccc2)n1C1CC1c1ccccc1. The number of aromatic amines is 1. The lowest BCUT2D eigenvalue weighted by Gasteiger charge is -2.06. The van der Waals surface area contributed by atoms with Gasteiger partial charge in [-0.05, 0) is 24.2 Å². The van der Waals surface area contributed by atoms with Crippen LogP contribution in [-0.2, 0) is 0 Å². The van der Waals surface area contributed by atoms with Crippen molar-refractivity contribution in [3.05, 3.63) is 71.0 Å². The molecule has 0 saturated heterocycles. The first-order valence-corrected chi connectivity index (χ1v) is 7.52. The summed E-state index contributed by atoms with van der Waals surface area (Å²) >= 11 is 5.44. The Morgan fingerprint density at radius 2 is 1.67 bits per heavy atom. The summed E-state index contributed by atoms with van der Waals surface area (Å²) in [6.45, 7) is 0. The second kappa shape index (κ2) is 4.97. The van der Waals surface area contributed by atoms with E-state index < -0.39 is 0 Å². The highest BCUT2D eigenvalue weighted by molar-refractivity contribution is 7.71. The largest absolute Gasteiger partial charge is 0.296 e. The number of nitrogens with one attached hydrogen (secondary N) is 1. The Morgan fingerprint density at radius 1 is 1.00 bits per heavy atom. The van der Waals surface area contributed by atoms with Gasteiger partial charge in [-0.25, -0.2) is 0 Å². The van der Waals surface area contributed by atoms with Gasteiger partial charge in [-0.3, -0.25) is 9.67 Å². The lowest BCUT2D eigenvalue weighted by Crippen LogP contribution is -1.99. The predicted molar refractivity (Wildman–Crippen MR) is 85.7 cm³/mol. The summed E-state index contributed by atoms with van der Waals surface area (Å²) < 4.78 is 2.87. The fraction of sp³-hybridized carbons (Fsp3) is 0.176. The van der Waals surface area contributed by atoms with E-state index in [9.17, 15) is 0 Å². The van der Waals surface area contributed by atoms with Crippen LogP contribution in [0.2, 0.25) is 0 Å². The molecule has 1 aliphatic carbocycles. The van der Waals surface area contributed by atoms with Gasteiger partial charge in [0.05, 0.1) is 0 Å². The molecular weight excluding hydrogens is 278 g/mol. The molecule has 0 amide bonds. The molecule has 0 spiro atoms. The molecule has 21 heavy (non-hydrogen) atoms. The first-order chi connectivity index (χ1) is 10.3. The second-order valence-corrected chi connectivity index (χ2v) is 5.80. The Labute approximate surface area is 128 Å². The molecule has 0 bridgehead atoms. The Hall–Kier alpha value is -2.20. The minimum absolute atomic E-state index is 0.411. The van der Waals surface area contributed by atoms with Crippen molar-refractivity contribution in [2.45, 2.75) is 18.4 Å². The summed E-state index contributed by atoms with van der Waals surface area (Å²) in [6.07, 6.45) is 1.12. The van der Waals surface area contributed by atoms with Crippen LogP contribution in [0.25, 0.3) is 11.4 Å². The minimum atomic E-state index is 0.411. The standard InChI is InChI=1S/C17H15N3S/c21-17-19-18-16(13-9-5-2-6-10-13)20(17)15-11-14(15)12-7-3-1-4-8-12/h1-10,14-15H,11H2,(H,19,21). The van der Waals surface area contributed by atoms with Gasteiger partial charge in [-0.1, -0.05) is 60.7 Å². The van der Waals surface area contributed by atoms with Crippen LogP contribution in [0.4, 0.5) is 0 Å². The smallest absolute Gasteiger partial charge is 0.195 e. The zero-order valence-electron chi connectivity index (χ0n) is 11.4. The predicted octanol–water partition coefficient (Wildman–Crippen LogP) is 4.34. The lowest BCUT2D eigenvalue weighted by molar-refractivity contribution is 0.711. The van der Waals surface area contributed by atoms with E-state index >= 15 is 0 Å². The summed E-state index contributed by atoms with van der Waals surface area (Å²) in [6, 6.07) is 21.2. The molecular formula is C17H15N3S. The van der Waals surface area contributed by atoms with E-state index in [1.165, 1.54) is 5.56 Å². The maximum atomic E-state index is 5.44. The molecule has 3 aromatic rings. The maximum absolute atomic E-state index is 5.44. The molecule has 0 radical (unpaired) electrons. The molecule has 1 aromatic heterocycles. The average molecular weight is 293 g/mol. The first kappa shape index (κ1) is 12.5. The highest BCUT2D eigenvalue weighted by Crippen LogP contribution is 2.52. The van der Waals surface area contributed by atoms with Crippen LogP contribution in [0.15, 0.2) is 60.7 Å². The van der Waals surface area contributed by atoms with Crippen LogP contribution in [0.5, 0.6) is 0 Å². The van der Waals surface area contributed by atoms with Crippen molar-refractivity contribution in [1.82, 2.24) is 14.8 Å². The van der Waals surface area contributed by atoms with Crippen molar-refractivity contribution in [1.29, 1.82) is 0 Å². The van der Waals surface area contributed by atoms with E-state index in [2.05, 4.69) is 57.2 Å². The van der Waals surface area contributed by atoms with Gasteiger partial charge in [0.25, 0.3) is 0 Å². The molecule has 2 atom stereocenters. The molecule has 2 unspecified atom stereocenters. The number of rotatable bonds is 3. The zero-order chi connectivity index (χ0) is 14.2. The van der Waals surface area contributed by atoms with E-state index in [1.54, 1.807) is 0 Å². The van der Waals surface area contributed by atoms with Crippen molar-refractivity contribution in [3.63, 3.8) is 0 Å². The number of H-pyrrole nitrogens is 1. The van der Waals surface area contributed by atoms with Gasteiger partial charge in [0.1, 0.15) is 0 Å². The number of nitrogens with zero attached hydrogens (tertiary/aromatic N) is 2. The van der Waals surface area contributed by atoms with E-state index in [1.807, 2.05) is 18.2 Å². The number of aromatic nitrogens is 3. The van der Waals surface area contributed by atoms with E-state index in [0.717, 1.165) is 17.8 Å². The molecule has 3 nitrogen and oxygen atoms in total. The molecule has 1 fully saturated rings. The van der Waals surface area contributed by atoms with Gasteiger partial charge in [0, 0.05) is 17.5 Å². The second-order valence-electron chi connectivity index (χ2n) is 5.41. The summed E-state index contributed by atoms with van der Waals surface area (Å²) in [7, 11) is 0. The molecule has 1 aliphatic rings. The third-order valence-corrected chi connectivity index (χ3v) is 4.34. The topological polar surface area (TPSA) is 33.6 Å². The maximum Gasteiger partial charge on any atom is 0.195 e. The van der Waals surface area contributed by atoms with Crippen LogP contribution in [0.3, 0.4) is 0 Å². The highest BCUT2D eigenvalue weighted by atomic mass is 32.1. The molecule has 1 N–H and O–H groups in total. The monoisotopic (exact) mass is 293 g/mol. The number of benzene rings is 2. The van der Waals surface area contributed by atoms with Gasteiger partial charge in [0.15, 0.2) is 10.6 Å². The first-order valence-electron chi connectivity index (χ1n) is 7.12. The third-order valence-electron chi connectivity index (χ3n) is 4.05. The highest BCUT2D eigenvalue weighted by Gasteiger charge is 2.41. The quantitative estimate of drug-likeness (QED) is 0.729. The molecule has 4 heteroatoms. The van der Waals surface area contributed by atoms with Crippen molar-refractivity contribution in [3.8, 4) is 11.4 Å². The average Bonchev–Trinajstić information content (AvgIpc) is 3.24. The van der Waals surface area contributed by atoms with Crippen LogP contribution >= 0.6 is 12.2 Å². The third kappa shape index (κ3) is 2.21. The summed E-state index contributed by atoms with van der Waals surface area (Å²) in [4.78, 5) is 0. The number of hydrogen-bond donors (Lipinski definition) is 1. The van der Waals surface area contributed by atoms with Crippen molar-refractivity contribution in [2.24, 2.45) is 0 Å². The van der Waals surface area contributed by atoms with Crippen molar-refractivity contribution in [2.75, 3.05) is 0 Å². The van der Waals surface area contributed by atoms with Crippen LogP contribution in [0.1, 0.15) is 23.9 Å². The van der Waals surface area contributed by atoms with Gasteiger partial charge >= 0.3 is 0 Å². The van der Waals surface area contributed by atoms with Crippen molar-refractivity contribution < 1.29 is 0 Å². The Kier molecular flexibility index (Phi) is 2.97. The molecule has 1 saturated carbocycles. The van der Waals surface area contributed by atoms with E-state index in [-0.39, 0.29) is 0 Å². The fourth-order valence-corrected chi connectivity index (χ4v) is 3.20. The molecule has 1 heterocycles. The van der Waals surface area contributed by atoms with Gasteiger partial charge in [-0.2, -0.15) is 5.10 Å². The molecule has 2 aromatic carbocycles. The molecule has 0 aliphatic heterocycles. The van der Waals surface area contributed by atoms with E-state index in [0.29, 0.717) is 16.7 Å². The van der Waals surface area contributed by atoms with Crippen LogP contribution < -0.4 is 0 Å². The fourth-order valence-electron chi connectivity index (χ4n) is 2.93. The molecule has 4 rings (SSSR count). The minimum Gasteiger partial charge on any atom is -0.296 e. The lowest BCUT2D eigenvalue weighted by atomic mass is 10.1. The van der Waals surface area contributed by atoms with Crippen LogP contribution in [-0.4, -0.2) is 14.8 Å². The Balaban J connectivity index is 1.72. The van der Waals surface area contributed by atoms with Gasteiger partial charge < -0.3 is 0 Å². The number of hydrogen-bond acceptors (Lipinski definition) is 2. The van der Waals surface area contributed by atoms with E-state index in [4.69, 9.17) is 12.2 Å².